The molecule has 1 unspecified atom stereocenters. The lowest BCUT2D eigenvalue weighted by Crippen LogP contribution is -2.47. The van der Waals surface area contributed by atoms with E-state index in [0.717, 1.165) is 6.07 Å². The van der Waals surface area contributed by atoms with E-state index in [1.807, 2.05) is 4.90 Å². The SMILES string of the molecule is CC(N)C(=O)NCc1ccc(C(=O)Nc2ccc(Cl)cc2N2CCN(CCC(F)(F)F)CC2)c(F)c1F. The fourth-order valence-corrected chi connectivity index (χ4v) is 3.97. The predicted molar refractivity (Wildman–Crippen MR) is 131 cm³/mol. The van der Waals surface area contributed by atoms with Gasteiger partial charge in [-0.3, -0.25) is 14.5 Å². The monoisotopic (exact) mass is 547 g/mol. The van der Waals surface area contributed by atoms with Gasteiger partial charge in [0.2, 0.25) is 5.91 Å². The number of carbonyl (C=O) groups is 2. The molecule has 0 spiro atoms. The fraction of sp³-hybridized carbons (Fsp3) is 0.417. The topological polar surface area (TPSA) is 90.7 Å². The van der Waals surface area contributed by atoms with Crippen molar-refractivity contribution in [2.45, 2.75) is 32.1 Å². The minimum absolute atomic E-state index is 0.105. The summed E-state index contributed by atoms with van der Waals surface area (Å²) < 4.78 is 66.9. The summed E-state index contributed by atoms with van der Waals surface area (Å²) in [6.45, 7) is 2.54. The van der Waals surface area contributed by atoms with E-state index in [4.69, 9.17) is 17.3 Å². The second-order valence-corrected chi connectivity index (χ2v) is 9.15. The number of halogens is 6. The van der Waals surface area contributed by atoms with Gasteiger partial charge in [-0.1, -0.05) is 17.7 Å². The van der Waals surface area contributed by atoms with Crippen molar-refractivity contribution in [1.82, 2.24) is 10.2 Å². The highest BCUT2D eigenvalue weighted by Crippen LogP contribution is 2.31. The number of nitrogens with zero attached hydrogens (tertiary/aromatic N) is 2. The maximum absolute atomic E-state index is 14.7. The number of hydrogen-bond acceptors (Lipinski definition) is 5. The van der Waals surface area contributed by atoms with Crippen LogP contribution in [0, 0.1) is 11.6 Å². The molecule has 1 saturated heterocycles. The molecule has 202 valence electrons. The minimum atomic E-state index is -4.23. The maximum atomic E-state index is 14.7. The number of nitrogens with one attached hydrogen (secondary N) is 2. The van der Waals surface area contributed by atoms with Gasteiger partial charge in [-0.25, -0.2) is 8.78 Å². The van der Waals surface area contributed by atoms with Crippen LogP contribution in [0.5, 0.6) is 0 Å². The second kappa shape index (κ2) is 12.1. The van der Waals surface area contributed by atoms with E-state index in [-0.39, 0.29) is 24.3 Å². The zero-order valence-electron chi connectivity index (χ0n) is 20.0. The molecule has 37 heavy (non-hydrogen) atoms. The van der Waals surface area contributed by atoms with Gasteiger partial charge in [-0.2, -0.15) is 13.2 Å². The summed E-state index contributed by atoms with van der Waals surface area (Å²) in [6.07, 6.45) is -5.13. The molecule has 1 fully saturated rings. The number of benzene rings is 2. The van der Waals surface area contributed by atoms with Gasteiger partial charge in [0.05, 0.1) is 29.4 Å². The lowest BCUT2D eigenvalue weighted by molar-refractivity contribution is -0.138. The van der Waals surface area contributed by atoms with E-state index in [1.165, 1.54) is 25.1 Å². The summed E-state index contributed by atoms with van der Waals surface area (Å²) in [5, 5.41) is 5.30. The number of alkyl halides is 3. The molecule has 2 aromatic rings. The highest BCUT2D eigenvalue weighted by molar-refractivity contribution is 6.31. The van der Waals surface area contributed by atoms with Crippen LogP contribution in [0.25, 0.3) is 0 Å². The fourth-order valence-electron chi connectivity index (χ4n) is 3.80. The Morgan fingerprint density at radius 1 is 1.08 bits per heavy atom. The van der Waals surface area contributed by atoms with Crippen LogP contribution in [0.3, 0.4) is 0 Å². The summed E-state index contributed by atoms with van der Waals surface area (Å²) in [7, 11) is 0. The van der Waals surface area contributed by atoms with Crippen LogP contribution < -0.4 is 21.3 Å². The molecule has 3 rings (SSSR count). The Morgan fingerprint density at radius 3 is 2.38 bits per heavy atom. The highest BCUT2D eigenvalue weighted by Gasteiger charge is 2.29. The average molecular weight is 548 g/mol. The molecule has 7 nitrogen and oxygen atoms in total. The molecule has 0 bridgehead atoms. The van der Waals surface area contributed by atoms with E-state index in [2.05, 4.69) is 10.6 Å². The smallest absolute Gasteiger partial charge is 0.367 e. The third-order valence-corrected chi connectivity index (χ3v) is 6.14. The molecule has 2 aromatic carbocycles. The zero-order valence-corrected chi connectivity index (χ0v) is 20.7. The van der Waals surface area contributed by atoms with Gasteiger partial charge in [0.25, 0.3) is 5.91 Å². The molecule has 4 N–H and O–H groups in total. The Bertz CT molecular complexity index is 1140. The van der Waals surface area contributed by atoms with Gasteiger partial charge >= 0.3 is 6.18 Å². The highest BCUT2D eigenvalue weighted by atomic mass is 35.5. The second-order valence-electron chi connectivity index (χ2n) is 8.72. The van der Waals surface area contributed by atoms with Gasteiger partial charge in [-0.15, -0.1) is 0 Å². The molecule has 2 amide bonds. The Kier molecular flexibility index (Phi) is 9.32. The number of nitrogens with two attached hydrogens (primary N) is 1. The quantitative estimate of drug-likeness (QED) is 0.436. The molecular formula is C24H27ClF5N5O2. The summed E-state index contributed by atoms with van der Waals surface area (Å²) in [4.78, 5) is 28.0. The Morgan fingerprint density at radius 2 is 1.76 bits per heavy atom. The van der Waals surface area contributed by atoms with Crippen LogP contribution in [0.4, 0.5) is 33.3 Å². The van der Waals surface area contributed by atoms with Crippen LogP contribution in [0.1, 0.15) is 29.3 Å². The molecule has 0 radical (unpaired) electrons. The largest absolute Gasteiger partial charge is 0.390 e. The average Bonchev–Trinajstić information content (AvgIpc) is 2.84. The van der Waals surface area contributed by atoms with Crippen molar-refractivity contribution in [2.75, 3.05) is 42.9 Å². The van der Waals surface area contributed by atoms with Gasteiger partial charge in [-0.05, 0) is 31.2 Å². The Labute approximate surface area is 215 Å². The first kappa shape index (κ1) is 28.6. The van der Waals surface area contributed by atoms with Gasteiger partial charge in [0.15, 0.2) is 11.6 Å². The molecular weight excluding hydrogens is 521 g/mol. The van der Waals surface area contributed by atoms with Crippen molar-refractivity contribution in [3.05, 3.63) is 58.1 Å². The van der Waals surface area contributed by atoms with Crippen LogP contribution in [0.2, 0.25) is 5.02 Å². The first-order valence-corrected chi connectivity index (χ1v) is 11.9. The van der Waals surface area contributed by atoms with Gasteiger partial charge in [0.1, 0.15) is 0 Å². The van der Waals surface area contributed by atoms with E-state index in [0.29, 0.717) is 36.9 Å². The number of hydrogen-bond donors (Lipinski definition) is 3. The summed E-state index contributed by atoms with van der Waals surface area (Å²) in [6, 6.07) is 6.09. The van der Waals surface area contributed by atoms with Crippen molar-refractivity contribution in [2.24, 2.45) is 5.73 Å². The third-order valence-electron chi connectivity index (χ3n) is 5.91. The normalized spacial score (nSPS) is 15.4. The Balaban J connectivity index is 1.71. The molecule has 0 aliphatic carbocycles. The van der Waals surface area contributed by atoms with E-state index < -0.39 is 47.7 Å². The molecule has 1 atom stereocenters. The minimum Gasteiger partial charge on any atom is -0.367 e. The van der Waals surface area contributed by atoms with Crippen molar-refractivity contribution in [3.63, 3.8) is 0 Å². The molecule has 0 saturated carbocycles. The Hall–Kier alpha value is -2.96. The van der Waals surface area contributed by atoms with Crippen LogP contribution >= 0.6 is 11.6 Å². The van der Waals surface area contributed by atoms with Crippen LogP contribution in [-0.4, -0.2) is 61.7 Å². The summed E-state index contributed by atoms with van der Waals surface area (Å²) >= 11 is 6.13. The number of piperazine rings is 1. The van der Waals surface area contributed by atoms with E-state index in [9.17, 15) is 31.5 Å². The van der Waals surface area contributed by atoms with Crippen molar-refractivity contribution >= 4 is 34.8 Å². The summed E-state index contributed by atoms with van der Waals surface area (Å²) in [5.74, 6) is -4.10. The molecule has 13 heteroatoms. The van der Waals surface area contributed by atoms with Crippen LogP contribution in [0.15, 0.2) is 30.3 Å². The van der Waals surface area contributed by atoms with Crippen molar-refractivity contribution in [1.29, 1.82) is 0 Å². The first-order valence-electron chi connectivity index (χ1n) is 11.5. The van der Waals surface area contributed by atoms with Gasteiger partial charge < -0.3 is 21.3 Å². The summed E-state index contributed by atoms with van der Waals surface area (Å²) in [5.41, 5.74) is 5.52. The molecule has 1 aliphatic heterocycles. The number of rotatable bonds is 8. The van der Waals surface area contributed by atoms with Gasteiger partial charge in [0, 0.05) is 49.9 Å². The number of carbonyl (C=O) groups excluding carboxylic acids is 2. The third kappa shape index (κ3) is 7.76. The van der Waals surface area contributed by atoms with Crippen molar-refractivity contribution < 1.29 is 31.5 Å². The first-order chi connectivity index (χ1) is 17.4. The molecule has 1 heterocycles. The predicted octanol–water partition coefficient (Wildman–Crippen LogP) is 3.91. The van der Waals surface area contributed by atoms with E-state index in [1.54, 1.807) is 11.0 Å². The lowest BCUT2D eigenvalue weighted by Gasteiger charge is -2.37. The molecule has 1 aliphatic rings. The van der Waals surface area contributed by atoms with Crippen molar-refractivity contribution in [3.8, 4) is 0 Å². The standard InChI is InChI=1S/C24H27ClF5N5O2/c1-14(31)22(36)32-13-15-2-4-17(21(27)20(15)26)23(37)33-18-5-3-16(25)12-19(18)35-10-8-34(9-11-35)7-6-24(28,29)30/h2-5,12,14H,6-11,13,31H2,1H3,(H,32,36)(H,33,37). The molecule has 0 aromatic heterocycles. The van der Waals surface area contributed by atoms with Crippen LogP contribution in [-0.2, 0) is 11.3 Å². The zero-order chi connectivity index (χ0) is 27.3. The van der Waals surface area contributed by atoms with E-state index >= 15 is 0 Å². The lowest BCUT2D eigenvalue weighted by atomic mass is 10.1. The number of anilines is 2. The number of amides is 2. The maximum Gasteiger partial charge on any atom is 0.390 e.